The van der Waals surface area contributed by atoms with Crippen LogP contribution in [0.4, 0.5) is 0 Å². The maximum atomic E-state index is 12.6. The van der Waals surface area contributed by atoms with Crippen LogP contribution >= 0.6 is 0 Å². The number of amides is 1. The summed E-state index contributed by atoms with van der Waals surface area (Å²) in [6.07, 6.45) is 4.26. The topological polar surface area (TPSA) is 48.9 Å². The monoisotopic (exact) mass is 346 g/mol. The molecule has 2 saturated heterocycles. The van der Waals surface area contributed by atoms with Crippen molar-refractivity contribution >= 4 is 5.91 Å². The Morgan fingerprint density at radius 2 is 2.08 bits per heavy atom. The van der Waals surface area contributed by atoms with E-state index in [0.717, 1.165) is 52.4 Å². The molecule has 0 saturated carbocycles. The Morgan fingerprint density at radius 1 is 1.28 bits per heavy atom. The van der Waals surface area contributed by atoms with Crippen molar-refractivity contribution in [1.82, 2.24) is 19.7 Å². The van der Waals surface area contributed by atoms with Crippen LogP contribution in [0.1, 0.15) is 25.8 Å². The lowest BCUT2D eigenvalue weighted by atomic mass is 10.1. The van der Waals surface area contributed by atoms with Crippen molar-refractivity contribution in [3.63, 3.8) is 0 Å². The molecular formula is C19H30N4O2. The van der Waals surface area contributed by atoms with Crippen molar-refractivity contribution in [1.29, 1.82) is 0 Å². The van der Waals surface area contributed by atoms with E-state index in [1.807, 2.05) is 17.2 Å². The van der Waals surface area contributed by atoms with Gasteiger partial charge in [0.1, 0.15) is 0 Å². The number of nitrogens with zero attached hydrogens (tertiary/aromatic N) is 4. The van der Waals surface area contributed by atoms with Crippen molar-refractivity contribution in [2.24, 2.45) is 0 Å². The predicted octanol–water partition coefficient (Wildman–Crippen LogP) is 1.23. The first-order valence-electron chi connectivity index (χ1n) is 9.36. The maximum Gasteiger partial charge on any atom is 0.225 e. The lowest BCUT2D eigenvalue weighted by molar-refractivity contribution is -0.138. The molecule has 2 fully saturated rings. The summed E-state index contributed by atoms with van der Waals surface area (Å²) in [5.74, 6) is 0.233. The van der Waals surface area contributed by atoms with Gasteiger partial charge in [0, 0.05) is 64.2 Å². The Labute approximate surface area is 150 Å². The zero-order valence-electron chi connectivity index (χ0n) is 15.4. The van der Waals surface area contributed by atoms with Crippen molar-refractivity contribution < 1.29 is 9.53 Å². The van der Waals surface area contributed by atoms with Crippen LogP contribution < -0.4 is 0 Å². The molecule has 0 unspecified atom stereocenters. The molecule has 0 spiro atoms. The number of carbonyl (C=O) groups is 1. The van der Waals surface area contributed by atoms with E-state index in [1.165, 1.54) is 5.56 Å². The van der Waals surface area contributed by atoms with Gasteiger partial charge in [-0.15, -0.1) is 0 Å². The van der Waals surface area contributed by atoms with Crippen molar-refractivity contribution in [2.45, 2.75) is 39.0 Å². The van der Waals surface area contributed by atoms with Gasteiger partial charge in [0.25, 0.3) is 0 Å². The summed E-state index contributed by atoms with van der Waals surface area (Å²) in [5.41, 5.74) is 1.23. The molecule has 0 aliphatic carbocycles. The maximum absolute atomic E-state index is 12.6. The van der Waals surface area contributed by atoms with Gasteiger partial charge in [0.15, 0.2) is 0 Å². The molecule has 0 aromatic carbocycles. The summed E-state index contributed by atoms with van der Waals surface area (Å²) in [5, 5.41) is 0. The number of pyridine rings is 1. The normalized spacial score (nSPS) is 23.2. The third-order valence-electron chi connectivity index (χ3n) is 5.16. The van der Waals surface area contributed by atoms with Crippen LogP contribution in [0.25, 0.3) is 0 Å². The van der Waals surface area contributed by atoms with Crippen LogP contribution in [0.2, 0.25) is 0 Å². The lowest BCUT2D eigenvalue weighted by Gasteiger charge is -2.38. The van der Waals surface area contributed by atoms with Crippen LogP contribution in [0.15, 0.2) is 24.5 Å². The van der Waals surface area contributed by atoms with E-state index in [2.05, 4.69) is 34.7 Å². The summed E-state index contributed by atoms with van der Waals surface area (Å²) in [6.45, 7) is 11.3. The van der Waals surface area contributed by atoms with E-state index in [9.17, 15) is 4.79 Å². The molecule has 3 heterocycles. The van der Waals surface area contributed by atoms with Crippen molar-refractivity contribution in [3.8, 4) is 0 Å². The molecule has 3 rings (SSSR count). The number of rotatable bonds is 5. The summed E-state index contributed by atoms with van der Waals surface area (Å²) in [7, 11) is 0. The molecule has 0 N–H and O–H groups in total. The zero-order valence-corrected chi connectivity index (χ0v) is 15.4. The predicted molar refractivity (Wildman–Crippen MR) is 97.2 cm³/mol. The Bertz CT molecular complexity index is 544. The molecule has 0 radical (unpaired) electrons. The summed E-state index contributed by atoms with van der Waals surface area (Å²) < 4.78 is 5.81. The number of carbonyl (C=O) groups excluding carboxylic acids is 1. The fourth-order valence-corrected chi connectivity index (χ4v) is 3.56. The number of hydrogen-bond donors (Lipinski definition) is 0. The zero-order chi connectivity index (χ0) is 17.6. The van der Waals surface area contributed by atoms with Crippen LogP contribution in [0, 0.1) is 0 Å². The molecule has 1 atom stereocenters. The molecule has 2 aliphatic rings. The minimum absolute atomic E-state index is 0.0390. The Kier molecular flexibility index (Phi) is 6.39. The SMILES string of the molecule is CC(C)N1CCO[C@H](CC(=O)N2CCN(Cc3cccnc3)CC2)C1. The Balaban J connectivity index is 1.42. The minimum atomic E-state index is 0.0390. The molecule has 25 heavy (non-hydrogen) atoms. The van der Waals surface area contributed by atoms with Crippen molar-refractivity contribution in [2.75, 3.05) is 45.9 Å². The second-order valence-corrected chi connectivity index (χ2v) is 7.30. The first kappa shape index (κ1) is 18.3. The van der Waals surface area contributed by atoms with Gasteiger partial charge in [0.05, 0.1) is 19.1 Å². The largest absolute Gasteiger partial charge is 0.375 e. The van der Waals surface area contributed by atoms with Gasteiger partial charge in [-0.1, -0.05) is 6.07 Å². The standard InChI is InChI=1S/C19H30N4O2/c1-16(2)23-10-11-25-18(15-23)12-19(24)22-8-6-21(7-9-22)14-17-4-3-5-20-13-17/h3-5,13,16,18H,6-12,14-15H2,1-2H3/t18-/m1/s1. The first-order chi connectivity index (χ1) is 12.1. The molecule has 1 aromatic heterocycles. The number of aromatic nitrogens is 1. The number of hydrogen-bond acceptors (Lipinski definition) is 5. The molecule has 0 bridgehead atoms. The number of piperazine rings is 1. The van der Waals surface area contributed by atoms with E-state index in [1.54, 1.807) is 6.20 Å². The van der Waals surface area contributed by atoms with Gasteiger partial charge in [-0.25, -0.2) is 0 Å². The molecule has 138 valence electrons. The van der Waals surface area contributed by atoms with E-state index < -0.39 is 0 Å². The highest BCUT2D eigenvalue weighted by Gasteiger charge is 2.27. The molecule has 6 nitrogen and oxygen atoms in total. The fourth-order valence-electron chi connectivity index (χ4n) is 3.56. The van der Waals surface area contributed by atoms with Gasteiger partial charge in [0.2, 0.25) is 5.91 Å². The minimum Gasteiger partial charge on any atom is -0.375 e. The average molecular weight is 346 g/mol. The van der Waals surface area contributed by atoms with E-state index >= 15 is 0 Å². The lowest BCUT2D eigenvalue weighted by Crippen LogP contribution is -2.51. The molecule has 1 amide bonds. The first-order valence-corrected chi connectivity index (χ1v) is 9.36. The highest BCUT2D eigenvalue weighted by Crippen LogP contribution is 2.14. The molecular weight excluding hydrogens is 316 g/mol. The van der Waals surface area contributed by atoms with Gasteiger partial charge in [-0.3, -0.25) is 19.6 Å². The number of ether oxygens (including phenoxy) is 1. The third kappa shape index (κ3) is 5.23. The quantitative estimate of drug-likeness (QED) is 0.802. The van der Waals surface area contributed by atoms with Crippen molar-refractivity contribution in [3.05, 3.63) is 30.1 Å². The second kappa shape index (κ2) is 8.74. The number of morpholine rings is 1. The van der Waals surface area contributed by atoms with E-state index in [-0.39, 0.29) is 12.0 Å². The Morgan fingerprint density at radius 3 is 2.76 bits per heavy atom. The second-order valence-electron chi connectivity index (χ2n) is 7.30. The van der Waals surface area contributed by atoms with Crippen LogP contribution in [0.5, 0.6) is 0 Å². The summed E-state index contributed by atoms with van der Waals surface area (Å²) >= 11 is 0. The van der Waals surface area contributed by atoms with Gasteiger partial charge >= 0.3 is 0 Å². The average Bonchev–Trinajstić information content (AvgIpc) is 2.63. The summed E-state index contributed by atoms with van der Waals surface area (Å²) in [6, 6.07) is 4.59. The van der Waals surface area contributed by atoms with Gasteiger partial charge in [-0.05, 0) is 25.5 Å². The smallest absolute Gasteiger partial charge is 0.225 e. The Hall–Kier alpha value is -1.50. The van der Waals surface area contributed by atoms with E-state index in [0.29, 0.717) is 12.5 Å². The van der Waals surface area contributed by atoms with Crippen LogP contribution in [-0.2, 0) is 16.1 Å². The fraction of sp³-hybridized carbons (Fsp3) is 0.684. The third-order valence-corrected chi connectivity index (χ3v) is 5.16. The highest BCUT2D eigenvalue weighted by molar-refractivity contribution is 5.76. The van der Waals surface area contributed by atoms with Gasteiger partial charge < -0.3 is 9.64 Å². The van der Waals surface area contributed by atoms with Crippen LogP contribution in [-0.4, -0.2) is 83.6 Å². The molecule has 2 aliphatic heterocycles. The highest BCUT2D eigenvalue weighted by atomic mass is 16.5. The molecule has 6 heteroatoms. The van der Waals surface area contributed by atoms with Crippen LogP contribution in [0.3, 0.4) is 0 Å². The molecule has 1 aromatic rings. The van der Waals surface area contributed by atoms with E-state index in [4.69, 9.17) is 4.74 Å². The van der Waals surface area contributed by atoms with Gasteiger partial charge in [-0.2, -0.15) is 0 Å². The summed E-state index contributed by atoms with van der Waals surface area (Å²) in [4.78, 5) is 23.6.